The summed E-state index contributed by atoms with van der Waals surface area (Å²) < 4.78 is 0. The first-order chi connectivity index (χ1) is 12.2. The number of likely N-dealkylation sites (N-methyl/N-ethyl adjacent to an activating group) is 1. The van der Waals surface area contributed by atoms with Crippen molar-refractivity contribution in [3.05, 3.63) is 54.5 Å². The molecule has 0 spiro atoms. The Bertz CT molecular complexity index is 900. The number of rotatable bonds is 3. The number of phenolic OH excluding ortho intramolecular Hbond substituents is 1. The van der Waals surface area contributed by atoms with Gasteiger partial charge in [0.2, 0.25) is 0 Å². The van der Waals surface area contributed by atoms with Crippen LogP contribution in [0.15, 0.2) is 48.8 Å². The molecular weight excluding hydrogens is 314 g/mol. The summed E-state index contributed by atoms with van der Waals surface area (Å²) in [6.45, 7) is 1.97. The van der Waals surface area contributed by atoms with Gasteiger partial charge in [0.15, 0.2) is 0 Å². The zero-order chi connectivity index (χ0) is 17.2. The lowest BCUT2D eigenvalue weighted by Gasteiger charge is -2.21. The summed E-state index contributed by atoms with van der Waals surface area (Å²) in [5.74, 6) is 0.180. The molecule has 3 heterocycles. The fourth-order valence-corrected chi connectivity index (χ4v) is 2.99. The molecular formula is C19H19N5O. The summed E-state index contributed by atoms with van der Waals surface area (Å²) >= 11 is 0. The van der Waals surface area contributed by atoms with Gasteiger partial charge in [-0.3, -0.25) is 5.10 Å². The SMILES string of the molecule is CN1CC=C(c2ccc(-c3ccc(-c4cn[nH]c4)cc3O)nn2)CC1. The van der Waals surface area contributed by atoms with E-state index in [1.54, 1.807) is 18.5 Å². The normalized spacial score (nSPS) is 15.2. The van der Waals surface area contributed by atoms with Crippen LogP contribution in [0.5, 0.6) is 5.75 Å². The minimum atomic E-state index is 0.180. The molecule has 6 nitrogen and oxygen atoms in total. The zero-order valence-corrected chi connectivity index (χ0v) is 14.0. The smallest absolute Gasteiger partial charge is 0.125 e. The first kappa shape index (κ1) is 15.5. The highest BCUT2D eigenvalue weighted by atomic mass is 16.3. The molecule has 1 aliphatic heterocycles. The fraction of sp³-hybridized carbons (Fsp3) is 0.211. The summed E-state index contributed by atoms with van der Waals surface area (Å²) in [6, 6.07) is 9.40. The third kappa shape index (κ3) is 3.16. The van der Waals surface area contributed by atoms with Gasteiger partial charge in [0.1, 0.15) is 5.75 Å². The number of benzene rings is 1. The Balaban J connectivity index is 1.60. The molecule has 25 heavy (non-hydrogen) atoms. The van der Waals surface area contributed by atoms with Gasteiger partial charge in [-0.05, 0) is 48.9 Å². The second kappa shape index (κ2) is 6.49. The predicted molar refractivity (Wildman–Crippen MR) is 96.8 cm³/mol. The monoisotopic (exact) mass is 333 g/mol. The van der Waals surface area contributed by atoms with Crippen LogP contribution in [0.2, 0.25) is 0 Å². The summed E-state index contributed by atoms with van der Waals surface area (Å²) in [7, 11) is 2.11. The van der Waals surface area contributed by atoms with E-state index in [9.17, 15) is 5.11 Å². The van der Waals surface area contributed by atoms with Crippen molar-refractivity contribution in [1.82, 2.24) is 25.3 Å². The standard InChI is InChI=1S/C19H19N5O/c1-24-8-6-13(7-9-24)17-4-5-18(23-22-17)16-3-2-14(10-19(16)25)15-11-20-21-12-15/h2-6,10-12,25H,7-9H2,1H3,(H,20,21). The third-order valence-corrected chi connectivity index (χ3v) is 4.51. The predicted octanol–water partition coefficient (Wildman–Crippen LogP) is 2.96. The summed E-state index contributed by atoms with van der Waals surface area (Å²) in [4.78, 5) is 2.27. The zero-order valence-electron chi connectivity index (χ0n) is 14.0. The fourth-order valence-electron chi connectivity index (χ4n) is 2.99. The average molecular weight is 333 g/mol. The molecule has 0 unspecified atom stereocenters. The van der Waals surface area contributed by atoms with Crippen molar-refractivity contribution < 1.29 is 5.11 Å². The van der Waals surface area contributed by atoms with Crippen molar-refractivity contribution in [1.29, 1.82) is 0 Å². The van der Waals surface area contributed by atoms with E-state index in [1.165, 1.54) is 5.57 Å². The largest absolute Gasteiger partial charge is 0.507 e. The summed E-state index contributed by atoms with van der Waals surface area (Å²) in [5.41, 5.74) is 5.30. The second-order valence-corrected chi connectivity index (χ2v) is 6.26. The van der Waals surface area contributed by atoms with Gasteiger partial charge >= 0.3 is 0 Å². The molecule has 2 N–H and O–H groups in total. The number of nitrogens with zero attached hydrogens (tertiary/aromatic N) is 4. The number of nitrogens with one attached hydrogen (secondary N) is 1. The molecule has 1 aliphatic rings. The molecule has 0 amide bonds. The molecule has 0 atom stereocenters. The van der Waals surface area contributed by atoms with Crippen LogP contribution in [0.4, 0.5) is 0 Å². The number of H-pyrrole nitrogens is 1. The van der Waals surface area contributed by atoms with Gasteiger partial charge in [-0.25, -0.2) is 0 Å². The highest BCUT2D eigenvalue weighted by Gasteiger charge is 2.13. The van der Waals surface area contributed by atoms with Crippen LogP contribution in [-0.4, -0.2) is 50.5 Å². The van der Waals surface area contributed by atoms with Crippen molar-refractivity contribution in [2.24, 2.45) is 0 Å². The Morgan fingerprint density at radius 1 is 1.08 bits per heavy atom. The first-order valence-electron chi connectivity index (χ1n) is 8.25. The van der Waals surface area contributed by atoms with Crippen molar-refractivity contribution in [3.63, 3.8) is 0 Å². The maximum atomic E-state index is 10.4. The van der Waals surface area contributed by atoms with Crippen LogP contribution in [0.25, 0.3) is 28.0 Å². The molecule has 2 aromatic heterocycles. The maximum Gasteiger partial charge on any atom is 0.125 e. The molecule has 1 aromatic carbocycles. The molecule has 0 saturated heterocycles. The Kier molecular flexibility index (Phi) is 4.03. The van der Waals surface area contributed by atoms with Crippen molar-refractivity contribution >= 4 is 5.57 Å². The minimum absolute atomic E-state index is 0.180. The molecule has 6 heteroatoms. The highest BCUT2D eigenvalue weighted by molar-refractivity contribution is 5.74. The number of phenols is 1. The number of aromatic nitrogens is 4. The molecule has 3 aromatic rings. The van der Waals surface area contributed by atoms with Gasteiger partial charge in [-0.15, -0.1) is 5.10 Å². The first-order valence-corrected chi connectivity index (χ1v) is 8.25. The lowest BCUT2D eigenvalue weighted by atomic mass is 10.0. The maximum absolute atomic E-state index is 10.4. The van der Waals surface area contributed by atoms with Crippen molar-refractivity contribution in [3.8, 4) is 28.1 Å². The minimum Gasteiger partial charge on any atom is -0.507 e. The van der Waals surface area contributed by atoms with Crippen molar-refractivity contribution in [2.45, 2.75) is 6.42 Å². The number of aromatic amines is 1. The van der Waals surface area contributed by atoms with E-state index in [1.807, 2.05) is 24.3 Å². The van der Waals surface area contributed by atoms with E-state index in [0.717, 1.165) is 36.3 Å². The summed E-state index contributed by atoms with van der Waals surface area (Å²) in [5, 5.41) is 25.7. The van der Waals surface area contributed by atoms with Gasteiger partial charge in [-0.2, -0.15) is 10.2 Å². The topological polar surface area (TPSA) is 77.9 Å². The lowest BCUT2D eigenvalue weighted by molar-refractivity contribution is 0.369. The quantitative estimate of drug-likeness (QED) is 0.770. The van der Waals surface area contributed by atoms with Crippen LogP contribution >= 0.6 is 0 Å². The molecule has 0 bridgehead atoms. The number of aromatic hydroxyl groups is 1. The Labute approximate surface area is 145 Å². The van der Waals surface area contributed by atoms with Crippen LogP contribution in [0.3, 0.4) is 0 Å². The van der Waals surface area contributed by atoms with Gasteiger partial charge in [0.05, 0.1) is 17.6 Å². The van der Waals surface area contributed by atoms with Crippen LogP contribution in [0, 0.1) is 0 Å². The Morgan fingerprint density at radius 3 is 2.56 bits per heavy atom. The Morgan fingerprint density at radius 2 is 1.92 bits per heavy atom. The van der Waals surface area contributed by atoms with Gasteiger partial charge in [0, 0.05) is 30.4 Å². The average Bonchev–Trinajstić information content (AvgIpc) is 3.17. The van der Waals surface area contributed by atoms with E-state index in [4.69, 9.17) is 0 Å². The van der Waals surface area contributed by atoms with Gasteiger partial charge < -0.3 is 10.0 Å². The van der Waals surface area contributed by atoms with Crippen LogP contribution in [0.1, 0.15) is 12.1 Å². The van der Waals surface area contributed by atoms with Crippen molar-refractivity contribution in [2.75, 3.05) is 20.1 Å². The third-order valence-electron chi connectivity index (χ3n) is 4.51. The molecule has 0 fully saturated rings. The highest BCUT2D eigenvalue weighted by Crippen LogP contribution is 2.32. The van der Waals surface area contributed by atoms with Crippen LogP contribution < -0.4 is 0 Å². The van der Waals surface area contributed by atoms with E-state index in [2.05, 4.69) is 38.4 Å². The molecule has 0 aliphatic carbocycles. The molecule has 0 radical (unpaired) electrons. The van der Waals surface area contributed by atoms with E-state index in [0.29, 0.717) is 11.3 Å². The second-order valence-electron chi connectivity index (χ2n) is 6.26. The number of hydrogen-bond donors (Lipinski definition) is 2. The number of hydrogen-bond acceptors (Lipinski definition) is 5. The summed E-state index contributed by atoms with van der Waals surface area (Å²) in [6.07, 6.45) is 6.69. The van der Waals surface area contributed by atoms with E-state index in [-0.39, 0.29) is 5.75 Å². The molecule has 126 valence electrons. The lowest BCUT2D eigenvalue weighted by Crippen LogP contribution is -2.23. The molecule has 0 saturated carbocycles. The van der Waals surface area contributed by atoms with Crippen LogP contribution in [-0.2, 0) is 0 Å². The molecule has 4 rings (SSSR count). The van der Waals surface area contributed by atoms with Gasteiger partial charge in [-0.1, -0.05) is 12.1 Å². The van der Waals surface area contributed by atoms with E-state index < -0.39 is 0 Å². The van der Waals surface area contributed by atoms with Gasteiger partial charge in [0.25, 0.3) is 0 Å². The van der Waals surface area contributed by atoms with E-state index >= 15 is 0 Å². The Hall–Kier alpha value is -2.99.